The molecule has 0 heterocycles. The van der Waals surface area contributed by atoms with E-state index in [1.54, 1.807) is 25.2 Å². The number of rotatable bonds is 3. The van der Waals surface area contributed by atoms with Crippen molar-refractivity contribution in [1.29, 1.82) is 0 Å². The number of hydrogen-bond donors (Lipinski definition) is 1. The van der Waals surface area contributed by atoms with E-state index < -0.39 is 17.3 Å². The van der Waals surface area contributed by atoms with E-state index in [0.717, 1.165) is 5.56 Å². The number of hydrogen-bond acceptors (Lipinski definition) is 2. The minimum absolute atomic E-state index is 0.357. The summed E-state index contributed by atoms with van der Waals surface area (Å²) in [7, 11) is 1.59. The Labute approximate surface area is 116 Å². The highest BCUT2D eigenvalue weighted by Crippen LogP contribution is 2.12. The molecule has 0 fully saturated rings. The van der Waals surface area contributed by atoms with Gasteiger partial charge in [0.1, 0.15) is 5.38 Å². The summed E-state index contributed by atoms with van der Waals surface area (Å²) < 4.78 is 0. The van der Waals surface area contributed by atoms with Gasteiger partial charge in [-0.1, -0.05) is 23.7 Å². The molecule has 1 atom stereocenters. The van der Waals surface area contributed by atoms with Gasteiger partial charge in [-0.3, -0.25) is 10.1 Å². The normalized spacial score (nSPS) is 11.8. The van der Waals surface area contributed by atoms with Crippen molar-refractivity contribution in [3.63, 3.8) is 0 Å². The fraction of sp³-hybridized carbons (Fsp3) is 0.333. The van der Waals surface area contributed by atoms with Crippen LogP contribution in [0.2, 0.25) is 5.02 Å². The molecular weight excluding hydrogens is 275 g/mol. The zero-order chi connectivity index (χ0) is 13.7. The fourth-order valence-corrected chi connectivity index (χ4v) is 1.55. The number of amides is 3. The van der Waals surface area contributed by atoms with Crippen molar-refractivity contribution in [3.05, 3.63) is 34.9 Å². The highest BCUT2D eigenvalue weighted by Gasteiger charge is 2.16. The smallest absolute Gasteiger partial charge is 0.323 e. The molecule has 3 amide bonds. The third-order valence-corrected chi connectivity index (χ3v) is 2.68. The monoisotopic (exact) mass is 288 g/mol. The van der Waals surface area contributed by atoms with Crippen LogP contribution in [0.3, 0.4) is 0 Å². The molecule has 0 aliphatic heterocycles. The maximum Gasteiger partial charge on any atom is 0.324 e. The molecule has 0 saturated carbocycles. The lowest BCUT2D eigenvalue weighted by Crippen LogP contribution is -2.42. The molecule has 1 rings (SSSR count). The van der Waals surface area contributed by atoms with Crippen LogP contribution in [0.1, 0.15) is 12.5 Å². The Balaban J connectivity index is 2.57. The Morgan fingerprint density at radius 3 is 2.67 bits per heavy atom. The van der Waals surface area contributed by atoms with Crippen LogP contribution in [0.25, 0.3) is 0 Å². The lowest BCUT2D eigenvalue weighted by atomic mass is 10.2. The highest BCUT2D eigenvalue weighted by molar-refractivity contribution is 6.31. The third-order valence-electron chi connectivity index (χ3n) is 2.25. The molecule has 0 bridgehead atoms. The number of imide groups is 1. The Morgan fingerprint density at radius 2 is 2.11 bits per heavy atom. The van der Waals surface area contributed by atoms with E-state index in [0.29, 0.717) is 11.6 Å². The molecule has 1 aromatic rings. The first-order chi connectivity index (χ1) is 8.40. The van der Waals surface area contributed by atoms with Gasteiger partial charge < -0.3 is 4.90 Å². The summed E-state index contributed by atoms with van der Waals surface area (Å²) in [6, 6.07) is 6.67. The highest BCUT2D eigenvalue weighted by atomic mass is 35.5. The number of urea groups is 1. The van der Waals surface area contributed by atoms with Crippen molar-refractivity contribution < 1.29 is 9.59 Å². The largest absolute Gasteiger partial charge is 0.324 e. The number of carbonyl (C=O) groups is 2. The van der Waals surface area contributed by atoms with Crippen LogP contribution in [0.5, 0.6) is 0 Å². The van der Waals surface area contributed by atoms with E-state index >= 15 is 0 Å². The summed E-state index contributed by atoms with van der Waals surface area (Å²) in [6.07, 6.45) is 0. The van der Waals surface area contributed by atoms with Crippen LogP contribution >= 0.6 is 23.2 Å². The molecule has 0 saturated heterocycles. The number of benzene rings is 1. The SMILES string of the molecule is CC(Cl)C(=O)NC(=O)N(C)Cc1cccc(Cl)c1. The van der Waals surface area contributed by atoms with Gasteiger partial charge in [-0.05, 0) is 24.6 Å². The van der Waals surface area contributed by atoms with Crippen molar-refractivity contribution in [1.82, 2.24) is 10.2 Å². The lowest BCUT2D eigenvalue weighted by molar-refractivity contribution is -0.119. The molecule has 18 heavy (non-hydrogen) atoms. The molecular formula is C12H14Cl2N2O2. The Hall–Kier alpha value is -1.26. The Kier molecular flexibility index (Phi) is 5.44. The van der Waals surface area contributed by atoms with E-state index in [9.17, 15) is 9.59 Å². The topological polar surface area (TPSA) is 49.4 Å². The van der Waals surface area contributed by atoms with Gasteiger partial charge in [-0.15, -0.1) is 11.6 Å². The van der Waals surface area contributed by atoms with Crippen LogP contribution in [0, 0.1) is 0 Å². The quantitative estimate of drug-likeness (QED) is 0.870. The summed E-state index contributed by atoms with van der Waals surface area (Å²) in [6.45, 7) is 1.86. The third kappa shape index (κ3) is 4.55. The first-order valence-corrected chi connectivity index (χ1v) is 6.16. The predicted molar refractivity (Wildman–Crippen MR) is 71.8 cm³/mol. The van der Waals surface area contributed by atoms with Gasteiger partial charge in [0.05, 0.1) is 0 Å². The standard InChI is InChI=1S/C12H14Cl2N2O2/c1-8(13)11(17)15-12(18)16(2)7-9-4-3-5-10(14)6-9/h3-6,8H,7H2,1-2H3,(H,15,17,18). The van der Waals surface area contributed by atoms with E-state index in [1.165, 1.54) is 11.8 Å². The summed E-state index contributed by atoms with van der Waals surface area (Å²) in [5.41, 5.74) is 0.881. The van der Waals surface area contributed by atoms with Crippen LogP contribution in [-0.4, -0.2) is 29.3 Å². The number of carbonyl (C=O) groups excluding carboxylic acids is 2. The van der Waals surface area contributed by atoms with E-state index in [2.05, 4.69) is 5.32 Å². The van der Waals surface area contributed by atoms with E-state index in [-0.39, 0.29) is 0 Å². The molecule has 6 heteroatoms. The lowest BCUT2D eigenvalue weighted by Gasteiger charge is -2.18. The molecule has 1 N–H and O–H groups in total. The Morgan fingerprint density at radius 1 is 1.44 bits per heavy atom. The van der Waals surface area contributed by atoms with Crippen molar-refractivity contribution in [2.45, 2.75) is 18.8 Å². The zero-order valence-electron chi connectivity index (χ0n) is 10.1. The molecule has 1 unspecified atom stereocenters. The van der Waals surface area contributed by atoms with Gasteiger partial charge in [0.2, 0.25) is 5.91 Å². The maximum atomic E-state index is 11.6. The molecule has 0 radical (unpaired) electrons. The molecule has 0 aromatic heterocycles. The summed E-state index contributed by atoms with van der Waals surface area (Å²) in [5, 5.41) is 2.06. The zero-order valence-corrected chi connectivity index (χ0v) is 11.6. The van der Waals surface area contributed by atoms with Crippen LogP contribution < -0.4 is 5.32 Å². The average molecular weight is 289 g/mol. The fourth-order valence-electron chi connectivity index (χ4n) is 1.28. The van der Waals surface area contributed by atoms with Crippen molar-refractivity contribution in [2.75, 3.05) is 7.05 Å². The number of halogens is 2. The van der Waals surface area contributed by atoms with Gasteiger partial charge in [-0.25, -0.2) is 4.79 Å². The van der Waals surface area contributed by atoms with Crippen LogP contribution in [0.4, 0.5) is 4.79 Å². The minimum Gasteiger partial charge on any atom is -0.323 e. The van der Waals surface area contributed by atoms with Gasteiger partial charge >= 0.3 is 6.03 Å². The second-order valence-corrected chi connectivity index (χ2v) is 4.99. The van der Waals surface area contributed by atoms with Gasteiger partial charge in [0.25, 0.3) is 0 Å². The average Bonchev–Trinajstić information content (AvgIpc) is 2.28. The van der Waals surface area contributed by atoms with E-state index in [1.807, 2.05) is 6.07 Å². The summed E-state index contributed by atoms with van der Waals surface area (Å²) in [4.78, 5) is 24.3. The molecule has 98 valence electrons. The number of nitrogens with zero attached hydrogens (tertiary/aromatic N) is 1. The molecule has 4 nitrogen and oxygen atoms in total. The summed E-state index contributed by atoms with van der Waals surface area (Å²) >= 11 is 11.4. The van der Waals surface area contributed by atoms with Gasteiger partial charge in [-0.2, -0.15) is 0 Å². The molecule has 0 aliphatic carbocycles. The predicted octanol–water partition coefficient (Wildman–Crippen LogP) is 2.64. The second-order valence-electron chi connectivity index (χ2n) is 3.90. The summed E-state index contributed by atoms with van der Waals surface area (Å²) in [5.74, 6) is -0.514. The van der Waals surface area contributed by atoms with Crippen molar-refractivity contribution in [3.8, 4) is 0 Å². The van der Waals surface area contributed by atoms with Crippen LogP contribution in [0.15, 0.2) is 24.3 Å². The molecule has 1 aromatic carbocycles. The first-order valence-electron chi connectivity index (χ1n) is 5.34. The van der Waals surface area contributed by atoms with Crippen molar-refractivity contribution >= 4 is 35.1 Å². The maximum absolute atomic E-state index is 11.6. The van der Waals surface area contributed by atoms with Gasteiger partial charge in [0.15, 0.2) is 0 Å². The molecule has 0 spiro atoms. The van der Waals surface area contributed by atoms with Crippen molar-refractivity contribution in [2.24, 2.45) is 0 Å². The van der Waals surface area contributed by atoms with Gasteiger partial charge in [0, 0.05) is 18.6 Å². The van der Waals surface area contributed by atoms with E-state index in [4.69, 9.17) is 23.2 Å². The number of nitrogens with one attached hydrogen (secondary N) is 1. The second kappa shape index (κ2) is 6.61. The number of alkyl halides is 1. The molecule has 0 aliphatic rings. The minimum atomic E-state index is -0.742. The Bertz CT molecular complexity index is 449. The van der Waals surface area contributed by atoms with Crippen LogP contribution in [-0.2, 0) is 11.3 Å². The first kappa shape index (κ1) is 14.8.